The van der Waals surface area contributed by atoms with Gasteiger partial charge in [0.1, 0.15) is 0 Å². The van der Waals surface area contributed by atoms with Crippen molar-refractivity contribution >= 4 is 11.8 Å². The van der Waals surface area contributed by atoms with E-state index in [1.54, 1.807) is 7.11 Å². The molecule has 0 aromatic carbocycles. The molecule has 3 nitrogen and oxygen atoms in total. The second-order valence-corrected chi connectivity index (χ2v) is 7.09. The van der Waals surface area contributed by atoms with Crippen molar-refractivity contribution in [2.75, 3.05) is 25.2 Å². The number of ether oxygens (including phenoxy) is 2. The third-order valence-corrected chi connectivity index (χ3v) is 6.20. The Labute approximate surface area is 115 Å². The van der Waals surface area contributed by atoms with Gasteiger partial charge >= 0.3 is 0 Å². The van der Waals surface area contributed by atoms with Gasteiger partial charge in [0.15, 0.2) is 0 Å². The van der Waals surface area contributed by atoms with Crippen LogP contribution in [0.4, 0.5) is 0 Å². The van der Waals surface area contributed by atoms with Crippen LogP contribution in [0, 0.1) is 5.92 Å². The molecule has 4 atom stereocenters. The Hall–Kier alpha value is 0.230. The van der Waals surface area contributed by atoms with Crippen LogP contribution >= 0.6 is 11.8 Å². The zero-order chi connectivity index (χ0) is 13.2. The van der Waals surface area contributed by atoms with Gasteiger partial charge in [0.25, 0.3) is 0 Å². The summed E-state index contributed by atoms with van der Waals surface area (Å²) in [5.74, 6) is 2.91. The predicted molar refractivity (Wildman–Crippen MR) is 77.0 cm³/mol. The van der Waals surface area contributed by atoms with Gasteiger partial charge in [0, 0.05) is 25.5 Å². The fourth-order valence-corrected chi connectivity index (χ4v) is 4.63. The Bertz CT molecular complexity index is 275. The summed E-state index contributed by atoms with van der Waals surface area (Å²) in [7, 11) is 1.78. The number of thioether (sulfide) groups is 1. The summed E-state index contributed by atoms with van der Waals surface area (Å²) < 4.78 is 11.8. The molecule has 2 heterocycles. The number of nitrogens with two attached hydrogens (primary N) is 1. The Morgan fingerprint density at radius 2 is 2.39 bits per heavy atom. The highest BCUT2D eigenvalue weighted by molar-refractivity contribution is 7.99. The lowest BCUT2D eigenvalue weighted by atomic mass is 9.75. The molecule has 0 amide bonds. The molecule has 2 N–H and O–H groups in total. The maximum absolute atomic E-state index is 6.51. The van der Waals surface area contributed by atoms with Crippen molar-refractivity contribution in [3.63, 3.8) is 0 Å². The smallest absolute Gasteiger partial charge is 0.0801 e. The minimum atomic E-state index is -0.199. The molecule has 2 aliphatic heterocycles. The van der Waals surface area contributed by atoms with Crippen molar-refractivity contribution in [2.24, 2.45) is 11.7 Å². The van der Waals surface area contributed by atoms with Crippen molar-refractivity contribution in [3.8, 4) is 0 Å². The van der Waals surface area contributed by atoms with Crippen LogP contribution in [0.2, 0.25) is 0 Å². The maximum Gasteiger partial charge on any atom is 0.0801 e. The highest BCUT2D eigenvalue weighted by atomic mass is 32.2. The van der Waals surface area contributed by atoms with Gasteiger partial charge in [-0.3, -0.25) is 0 Å². The molecule has 2 saturated heterocycles. The van der Waals surface area contributed by atoms with Crippen LogP contribution in [0.3, 0.4) is 0 Å². The standard InChI is InChI=1S/C14H27NO2S/c1-4-13(2,16-3)12(15)11-5-7-17-14(9-11)6-8-18-10-14/h11-12H,4-10,15H2,1-3H3. The Kier molecular flexibility index (Phi) is 4.63. The van der Waals surface area contributed by atoms with Crippen LogP contribution in [0.5, 0.6) is 0 Å². The first kappa shape index (κ1) is 14.6. The average molecular weight is 273 g/mol. The number of hydrogen-bond donors (Lipinski definition) is 1. The first-order chi connectivity index (χ1) is 8.55. The summed E-state index contributed by atoms with van der Waals surface area (Å²) in [6, 6.07) is 0.110. The van der Waals surface area contributed by atoms with E-state index in [0.29, 0.717) is 5.92 Å². The van der Waals surface area contributed by atoms with E-state index in [9.17, 15) is 0 Å². The van der Waals surface area contributed by atoms with E-state index in [0.717, 1.165) is 31.6 Å². The first-order valence-corrected chi connectivity index (χ1v) is 8.23. The molecule has 18 heavy (non-hydrogen) atoms. The molecule has 1 spiro atoms. The van der Waals surface area contributed by atoms with E-state index in [4.69, 9.17) is 15.2 Å². The van der Waals surface area contributed by atoms with Crippen LogP contribution in [0.25, 0.3) is 0 Å². The molecule has 4 unspecified atom stereocenters. The lowest BCUT2D eigenvalue weighted by molar-refractivity contribution is -0.107. The van der Waals surface area contributed by atoms with Gasteiger partial charge in [0.05, 0.1) is 11.2 Å². The normalized spacial score (nSPS) is 37.7. The molecule has 0 aromatic rings. The fraction of sp³-hybridized carbons (Fsp3) is 1.00. The van der Waals surface area contributed by atoms with Gasteiger partial charge < -0.3 is 15.2 Å². The quantitative estimate of drug-likeness (QED) is 0.854. The molecule has 2 aliphatic rings. The second kappa shape index (κ2) is 5.70. The third kappa shape index (κ3) is 2.72. The van der Waals surface area contributed by atoms with Gasteiger partial charge in [0.2, 0.25) is 0 Å². The summed E-state index contributed by atoms with van der Waals surface area (Å²) in [5, 5.41) is 0. The van der Waals surface area contributed by atoms with Crippen molar-refractivity contribution in [2.45, 2.75) is 56.8 Å². The van der Waals surface area contributed by atoms with Gasteiger partial charge in [-0.25, -0.2) is 0 Å². The summed E-state index contributed by atoms with van der Waals surface area (Å²) >= 11 is 2.02. The highest BCUT2D eigenvalue weighted by Gasteiger charge is 2.45. The van der Waals surface area contributed by atoms with E-state index in [2.05, 4.69) is 13.8 Å². The van der Waals surface area contributed by atoms with E-state index in [-0.39, 0.29) is 17.2 Å². The SMILES string of the molecule is CCC(C)(OC)C(N)C1CCOC2(CCSC2)C1. The largest absolute Gasteiger partial charge is 0.377 e. The predicted octanol–water partition coefficient (Wildman–Crippen LogP) is 2.43. The van der Waals surface area contributed by atoms with Gasteiger partial charge in [-0.2, -0.15) is 11.8 Å². The zero-order valence-corrected chi connectivity index (χ0v) is 12.7. The van der Waals surface area contributed by atoms with Gasteiger partial charge in [-0.1, -0.05) is 6.92 Å². The molecule has 2 fully saturated rings. The third-order valence-electron chi connectivity index (χ3n) is 4.98. The lowest BCUT2D eigenvalue weighted by Crippen LogP contribution is -2.55. The molecule has 0 saturated carbocycles. The topological polar surface area (TPSA) is 44.5 Å². The minimum Gasteiger partial charge on any atom is -0.377 e. The van der Waals surface area contributed by atoms with E-state index in [1.807, 2.05) is 11.8 Å². The van der Waals surface area contributed by atoms with Crippen LogP contribution in [0.15, 0.2) is 0 Å². The zero-order valence-electron chi connectivity index (χ0n) is 11.9. The molecule has 0 radical (unpaired) electrons. The van der Waals surface area contributed by atoms with Crippen molar-refractivity contribution < 1.29 is 9.47 Å². The summed E-state index contributed by atoms with van der Waals surface area (Å²) in [6.45, 7) is 5.16. The first-order valence-electron chi connectivity index (χ1n) is 7.08. The number of rotatable bonds is 4. The van der Waals surface area contributed by atoms with Crippen LogP contribution < -0.4 is 5.73 Å². The van der Waals surface area contributed by atoms with E-state index >= 15 is 0 Å². The van der Waals surface area contributed by atoms with Gasteiger partial charge in [-0.15, -0.1) is 0 Å². The molecular formula is C14H27NO2S. The Morgan fingerprint density at radius 3 is 2.94 bits per heavy atom. The summed E-state index contributed by atoms with van der Waals surface area (Å²) in [5.41, 5.74) is 6.43. The number of hydrogen-bond acceptors (Lipinski definition) is 4. The van der Waals surface area contributed by atoms with Crippen molar-refractivity contribution in [3.05, 3.63) is 0 Å². The second-order valence-electron chi connectivity index (χ2n) is 5.98. The summed E-state index contributed by atoms with van der Waals surface area (Å²) in [4.78, 5) is 0. The lowest BCUT2D eigenvalue weighted by Gasteiger charge is -2.44. The van der Waals surface area contributed by atoms with E-state index in [1.165, 1.54) is 12.2 Å². The van der Waals surface area contributed by atoms with E-state index < -0.39 is 0 Å². The molecular weight excluding hydrogens is 246 g/mol. The highest BCUT2D eigenvalue weighted by Crippen LogP contribution is 2.42. The molecule has 106 valence electrons. The maximum atomic E-state index is 6.51. The Balaban J connectivity index is 2.04. The van der Waals surface area contributed by atoms with Gasteiger partial charge in [-0.05, 0) is 44.3 Å². The van der Waals surface area contributed by atoms with Crippen LogP contribution in [0.1, 0.15) is 39.5 Å². The molecule has 0 aliphatic carbocycles. The average Bonchev–Trinajstić information content (AvgIpc) is 2.85. The fourth-order valence-electron chi connectivity index (χ4n) is 3.25. The molecule has 0 aromatic heterocycles. The summed E-state index contributed by atoms with van der Waals surface area (Å²) in [6.07, 6.45) is 4.34. The van der Waals surface area contributed by atoms with Crippen LogP contribution in [-0.2, 0) is 9.47 Å². The monoisotopic (exact) mass is 273 g/mol. The van der Waals surface area contributed by atoms with Crippen molar-refractivity contribution in [1.29, 1.82) is 0 Å². The minimum absolute atomic E-state index is 0.110. The van der Waals surface area contributed by atoms with Crippen molar-refractivity contribution in [1.82, 2.24) is 0 Å². The molecule has 0 bridgehead atoms. The van der Waals surface area contributed by atoms with Crippen LogP contribution in [-0.4, -0.2) is 42.5 Å². The molecule has 4 heteroatoms. The Morgan fingerprint density at radius 1 is 1.61 bits per heavy atom. The molecule has 2 rings (SSSR count). The number of methoxy groups -OCH3 is 1.